The minimum Gasteiger partial charge on any atom is -0.354 e. The van der Waals surface area contributed by atoms with Crippen molar-refractivity contribution in [3.8, 4) is 0 Å². The second-order valence-electron chi connectivity index (χ2n) is 3.35. The molecule has 1 heterocycles. The number of carbonyl (C=O) groups excluding carboxylic acids is 2. The summed E-state index contributed by atoms with van der Waals surface area (Å²) < 4.78 is 0. The van der Waals surface area contributed by atoms with E-state index in [4.69, 9.17) is 5.73 Å². The van der Waals surface area contributed by atoms with Crippen LogP contribution in [0.2, 0.25) is 0 Å². The van der Waals surface area contributed by atoms with Crippen LogP contribution in [0.5, 0.6) is 0 Å². The van der Waals surface area contributed by atoms with E-state index in [-0.39, 0.29) is 23.2 Å². The molecule has 0 aromatic carbocycles. The van der Waals surface area contributed by atoms with Crippen LogP contribution in [-0.2, 0) is 4.79 Å². The lowest BCUT2D eigenvalue weighted by atomic mass is 10.2. The van der Waals surface area contributed by atoms with Gasteiger partial charge in [-0.15, -0.1) is 0 Å². The van der Waals surface area contributed by atoms with Crippen LogP contribution in [0.4, 0.5) is 4.79 Å². The van der Waals surface area contributed by atoms with Crippen molar-refractivity contribution in [2.45, 2.75) is 25.4 Å². The molecule has 0 aromatic heterocycles. The van der Waals surface area contributed by atoms with Gasteiger partial charge < -0.3 is 16.4 Å². The summed E-state index contributed by atoms with van der Waals surface area (Å²) >= 11 is 1.14. The van der Waals surface area contributed by atoms with Gasteiger partial charge in [-0.1, -0.05) is 11.8 Å². The Balaban J connectivity index is 2.18. The van der Waals surface area contributed by atoms with Crippen LogP contribution in [0.25, 0.3) is 0 Å². The van der Waals surface area contributed by atoms with Crippen molar-refractivity contribution in [3.05, 3.63) is 0 Å². The molecule has 1 rings (SSSR count). The van der Waals surface area contributed by atoms with Gasteiger partial charge in [-0.25, -0.2) is 0 Å². The Morgan fingerprint density at radius 3 is 3.07 bits per heavy atom. The average molecular weight is 217 g/mol. The van der Waals surface area contributed by atoms with Crippen LogP contribution in [0.1, 0.15) is 13.3 Å². The molecular formula is C8H15N3O2S. The molecule has 1 fully saturated rings. The molecule has 0 radical (unpaired) electrons. The summed E-state index contributed by atoms with van der Waals surface area (Å²) in [6.45, 7) is 2.45. The largest absolute Gasteiger partial charge is 0.354 e. The fraction of sp³-hybridized carbons (Fsp3) is 0.750. The maximum Gasteiger partial charge on any atom is 0.279 e. The summed E-state index contributed by atoms with van der Waals surface area (Å²) in [5.41, 5.74) is 5.53. The molecule has 0 saturated carbocycles. The Morgan fingerprint density at radius 1 is 1.86 bits per heavy atom. The molecule has 2 atom stereocenters. The van der Waals surface area contributed by atoms with E-state index in [1.165, 1.54) is 0 Å². The van der Waals surface area contributed by atoms with Crippen LogP contribution in [-0.4, -0.2) is 35.5 Å². The van der Waals surface area contributed by atoms with Crippen molar-refractivity contribution in [3.63, 3.8) is 0 Å². The predicted octanol–water partition coefficient (Wildman–Crippen LogP) is -0.335. The molecule has 80 valence electrons. The van der Waals surface area contributed by atoms with Crippen LogP contribution in [0, 0.1) is 0 Å². The van der Waals surface area contributed by atoms with E-state index in [0.29, 0.717) is 12.3 Å². The Hall–Kier alpha value is -0.750. The zero-order valence-electron chi connectivity index (χ0n) is 8.08. The van der Waals surface area contributed by atoms with Crippen molar-refractivity contribution in [2.24, 2.45) is 5.73 Å². The van der Waals surface area contributed by atoms with Crippen molar-refractivity contribution in [2.75, 3.05) is 12.3 Å². The first-order valence-electron chi connectivity index (χ1n) is 4.56. The van der Waals surface area contributed by atoms with Gasteiger partial charge in [-0.05, 0) is 13.3 Å². The SMILES string of the molecule is CC(N)CCNC(=O)[C@@H]1CSC(=O)N1. The van der Waals surface area contributed by atoms with Crippen molar-refractivity contribution in [1.82, 2.24) is 10.6 Å². The lowest BCUT2D eigenvalue weighted by Crippen LogP contribution is -2.43. The average Bonchev–Trinajstić information content (AvgIpc) is 2.51. The third-order valence-corrected chi connectivity index (χ3v) is 2.77. The highest BCUT2D eigenvalue weighted by Crippen LogP contribution is 2.12. The summed E-state index contributed by atoms with van der Waals surface area (Å²) in [4.78, 5) is 22.2. The second-order valence-corrected chi connectivity index (χ2v) is 4.35. The van der Waals surface area contributed by atoms with E-state index in [1.54, 1.807) is 0 Å². The molecule has 1 aliphatic heterocycles. The fourth-order valence-corrected chi connectivity index (χ4v) is 1.85. The Morgan fingerprint density at radius 2 is 2.57 bits per heavy atom. The molecule has 0 bridgehead atoms. The first-order valence-corrected chi connectivity index (χ1v) is 5.54. The van der Waals surface area contributed by atoms with Gasteiger partial charge in [0.2, 0.25) is 5.91 Å². The Labute approximate surface area is 87.2 Å². The minimum absolute atomic E-state index is 0.0860. The number of rotatable bonds is 4. The van der Waals surface area contributed by atoms with E-state index in [2.05, 4.69) is 10.6 Å². The summed E-state index contributed by atoms with van der Waals surface area (Å²) in [5.74, 6) is 0.395. The maximum atomic E-state index is 11.4. The fourth-order valence-electron chi connectivity index (χ4n) is 1.07. The lowest BCUT2D eigenvalue weighted by molar-refractivity contribution is -0.122. The molecule has 14 heavy (non-hydrogen) atoms. The number of nitrogens with two attached hydrogens (primary N) is 1. The van der Waals surface area contributed by atoms with Gasteiger partial charge in [0, 0.05) is 18.3 Å². The van der Waals surface area contributed by atoms with Gasteiger partial charge in [0.25, 0.3) is 5.24 Å². The van der Waals surface area contributed by atoms with E-state index >= 15 is 0 Å². The molecule has 5 nitrogen and oxygen atoms in total. The van der Waals surface area contributed by atoms with Gasteiger partial charge in [-0.2, -0.15) is 0 Å². The number of hydrogen-bond acceptors (Lipinski definition) is 4. The first kappa shape index (κ1) is 11.3. The van der Waals surface area contributed by atoms with Gasteiger partial charge in [-0.3, -0.25) is 9.59 Å². The molecule has 0 aromatic rings. The first-order chi connectivity index (χ1) is 6.59. The van der Waals surface area contributed by atoms with Crippen LogP contribution < -0.4 is 16.4 Å². The van der Waals surface area contributed by atoms with Crippen LogP contribution >= 0.6 is 11.8 Å². The van der Waals surface area contributed by atoms with Gasteiger partial charge in [0.05, 0.1) is 0 Å². The summed E-state index contributed by atoms with van der Waals surface area (Å²) in [5, 5.41) is 5.17. The molecule has 4 N–H and O–H groups in total. The summed E-state index contributed by atoms with van der Waals surface area (Å²) in [6, 6.07) is -0.288. The Kier molecular flexibility index (Phi) is 4.21. The Bertz CT molecular complexity index is 233. The van der Waals surface area contributed by atoms with Crippen LogP contribution in [0.3, 0.4) is 0 Å². The number of amides is 2. The summed E-state index contributed by atoms with van der Waals surface area (Å²) in [6.07, 6.45) is 0.750. The van der Waals surface area contributed by atoms with Gasteiger partial charge >= 0.3 is 0 Å². The highest BCUT2D eigenvalue weighted by molar-refractivity contribution is 8.14. The highest BCUT2D eigenvalue weighted by atomic mass is 32.2. The molecule has 1 aliphatic rings. The molecular weight excluding hydrogens is 202 g/mol. The van der Waals surface area contributed by atoms with Crippen molar-refractivity contribution < 1.29 is 9.59 Å². The summed E-state index contributed by atoms with van der Waals surface area (Å²) in [7, 11) is 0. The molecule has 2 amide bonds. The quantitative estimate of drug-likeness (QED) is 0.602. The highest BCUT2D eigenvalue weighted by Gasteiger charge is 2.27. The minimum atomic E-state index is -0.374. The zero-order chi connectivity index (χ0) is 10.6. The number of thioether (sulfide) groups is 1. The zero-order valence-corrected chi connectivity index (χ0v) is 8.89. The van der Waals surface area contributed by atoms with Gasteiger partial charge in [0.1, 0.15) is 6.04 Å². The van der Waals surface area contributed by atoms with E-state index in [1.807, 2.05) is 6.92 Å². The normalized spacial score (nSPS) is 23.0. The van der Waals surface area contributed by atoms with Crippen molar-refractivity contribution in [1.29, 1.82) is 0 Å². The number of hydrogen-bond donors (Lipinski definition) is 3. The topological polar surface area (TPSA) is 84.2 Å². The second kappa shape index (κ2) is 5.21. The van der Waals surface area contributed by atoms with Crippen molar-refractivity contribution >= 4 is 22.9 Å². The predicted molar refractivity (Wildman–Crippen MR) is 56.1 cm³/mol. The third kappa shape index (κ3) is 3.55. The molecule has 0 aliphatic carbocycles. The number of nitrogens with one attached hydrogen (secondary N) is 2. The number of carbonyl (C=O) groups is 2. The van der Waals surface area contributed by atoms with Crippen LogP contribution in [0.15, 0.2) is 0 Å². The molecule has 6 heteroatoms. The molecule has 1 saturated heterocycles. The van der Waals surface area contributed by atoms with E-state index in [9.17, 15) is 9.59 Å². The smallest absolute Gasteiger partial charge is 0.279 e. The van der Waals surface area contributed by atoms with E-state index < -0.39 is 0 Å². The monoisotopic (exact) mass is 217 g/mol. The lowest BCUT2D eigenvalue weighted by Gasteiger charge is -2.11. The maximum absolute atomic E-state index is 11.4. The van der Waals surface area contributed by atoms with Gasteiger partial charge in [0.15, 0.2) is 0 Å². The standard InChI is InChI=1S/C8H15N3O2S/c1-5(9)2-3-10-7(12)6-4-14-8(13)11-6/h5-6H,2-4,9H2,1H3,(H,10,12)(H,11,13)/t5?,6-/m0/s1. The molecule has 1 unspecified atom stereocenters. The van der Waals surface area contributed by atoms with E-state index in [0.717, 1.165) is 18.2 Å². The third-order valence-electron chi connectivity index (χ3n) is 1.89. The molecule has 0 spiro atoms.